The maximum Gasteiger partial charge on any atom is 0.256 e. The van der Waals surface area contributed by atoms with Gasteiger partial charge in [-0.05, 0) is 44.2 Å². The van der Waals surface area contributed by atoms with Gasteiger partial charge in [-0.3, -0.25) is 4.79 Å². The number of nitrogens with zero attached hydrogens (tertiary/aromatic N) is 4. The zero-order valence-corrected chi connectivity index (χ0v) is 20.6. The molecule has 1 aromatic carbocycles. The minimum Gasteiger partial charge on any atom is -0.474 e. The van der Waals surface area contributed by atoms with Crippen LogP contribution in [0.2, 0.25) is 0 Å². The van der Waals surface area contributed by atoms with Crippen LogP contribution >= 0.6 is 0 Å². The summed E-state index contributed by atoms with van der Waals surface area (Å²) in [6.45, 7) is 5.96. The fraction of sp³-hybridized carbons (Fsp3) is 0.259. The lowest BCUT2D eigenvalue weighted by Gasteiger charge is -2.29. The van der Waals surface area contributed by atoms with Gasteiger partial charge in [0.1, 0.15) is 28.9 Å². The first-order valence-electron chi connectivity index (χ1n) is 12.2. The molecule has 1 fully saturated rings. The first kappa shape index (κ1) is 24.3. The predicted octanol–water partition coefficient (Wildman–Crippen LogP) is 4.49. The number of pyridine rings is 1. The molecular weight excluding hydrogens is 470 g/mol. The van der Waals surface area contributed by atoms with Crippen LogP contribution in [-0.2, 0) is 0 Å². The number of carbonyl (C=O) groups excluding carboxylic acids is 1. The third-order valence-corrected chi connectivity index (χ3v) is 6.08. The van der Waals surface area contributed by atoms with Crippen molar-refractivity contribution in [2.75, 3.05) is 37.3 Å². The Hall–Kier alpha value is -4.44. The number of likely N-dealkylation sites (tertiary alicyclic amines) is 1. The summed E-state index contributed by atoms with van der Waals surface area (Å²) >= 11 is 0. The summed E-state index contributed by atoms with van der Waals surface area (Å²) in [4.78, 5) is 28.6. The molecule has 0 unspecified atom stereocenters. The van der Waals surface area contributed by atoms with Gasteiger partial charge in [-0.25, -0.2) is 4.98 Å². The van der Waals surface area contributed by atoms with E-state index in [1.165, 1.54) is 6.20 Å². The number of anilines is 4. The molecule has 10 heteroatoms. The molecule has 0 saturated carbocycles. The lowest BCUT2D eigenvalue weighted by molar-refractivity contribution is 0.0958. The average Bonchev–Trinajstić information content (AvgIpc) is 3.37. The summed E-state index contributed by atoms with van der Waals surface area (Å²) in [6, 6.07) is 13.1. The average molecular weight is 500 g/mol. The molecule has 37 heavy (non-hydrogen) atoms. The van der Waals surface area contributed by atoms with Crippen LogP contribution in [0.25, 0.3) is 11.0 Å². The molecule has 1 amide bonds. The second kappa shape index (κ2) is 11.1. The quantitative estimate of drug-likeness (QED) is 0.286. The van der Waals surface area contributed by atoms with Crippen molar-refractivity contribution in [2.45, 2.75) is 18.9 Å². The number of fused-ring (bicyclic) bond motifs is 1. The van der Waals surface area contributed by atoms with Crippen molar-refractivity contribution in [1.29, 1.82) is 0 Å². The summed E-state index contributed by atoms with van der Waals surface area (Å²) in [5.41, 5.74) is 1.77. The van der Waals surface area contributed by atoms with E-state index in [2.05, 4.69) is 49.4 Å². The molecule has 10 nitrogen and oxygen atoms in total. The first-order valence-corrected chi connectivity index (χ1v) is 12.2. The number of hydrogen-bond acceptors (Lipinski definition) is 9. The van der Waals surface area contributed by atoms with E-state index < -0.39 is 0 Å². The van der Waals surface area contributed by atoms with Gasteiger partial charge in [0.15, 0.2) is 0 Å². The third-order valence-electron chi connectivity index (χ3n) is 6.08. The van der Waals surface area contributed by atoms with Crippen LogP contribution in [0.5, 0.6) is 5.88 Å². The third kappa shape index (κ3) is 6.04. The summed E-state index contributed by atoms with van der Waals surface area (Å²) < 4.78 is 11.6. The number of benzene rings is 1. The van der Waals surface area contributed by atoms with Crippen LogP contribution < -0.4 is 20.7 Å². The topological polar surface area (TPSA) is 117 Å². The second-order valence-electron chi connectivity index (χ2n) is 8.86. The number of furan rings is 1. The molecule has 1 aliphatic rings. The Morgan fingerprint density at radius 2 is 2.05 bits per heavy atom. The maximum atomic E-state index is 12.8. The Bertz CT molecular complexity index is 1400. The molecular formula is C27H29N7O3. The van der Waals surface area contributed by atoms with Crippen LogP contribution in [0, 0.1) is 0 Å². The highest BCUT2D eigenvalue weighted by Crippen LogP contribution is 2.25. The van der Waals surface area contributed by atoms with Gasteiger partial charge in [0.2, 0.25) is 11.8 Å². The lowest BCUT2D eigenvalue weighted by atomic mass is 10.1. The van der Waals surface area contributed by atoms with Gasteiger partial charge in [0.05, 0.1) is 6.26 Å². The van der Waals surface area contributed by atoms with Crippen molar-refractivity contribution in [3.05, 3.63) is 73.1 Å². The van der Waals surface area contributed by atoms with E-state index in [-0.39, 0.29) is 17.6 Å². The first-order chi connectivity index (χ1) is 18.1. The summed E-state index contributed by atoms with van der Waals surface area (Å²) in [6.07, 6.45) is 6.75. The molecule has 0 aliphatic carbocycles. The van der Waals surface area contributed by atoms with E-state index in [0.717, 1.165) is 42.6 Å². The van der Waals surface area contributed by atoms with Crippen molar-refractivity contribution in [2.24, 2.45) is 0 Å². The van der Waals surface area contributed by atoms with Gasteiger partial charge in [0, 0.05) is 49.0 Å². The van der Waals surface area contributed by atoms with Gasteiger partial charge in [-0.1, -0.05) is 12.1 Å². The van der Waals surface area contributed by atoms with Crippen LogP contribution in [0.3, 0.4) is 0 Å². The molecule has 3 aromatic heterocycles. The van der Waals surface area contributed by atoms with E-state index in [4.69, 9.17) is 9.15 Å². The molecule has 5 rings (SSSR count). The lowest BCUT2D eigenvalue weighted by Crippen LogP contribution is -2.35. The van der Waals surface area contributed by atoms with Crippen LogP contribution in [0.15, 0.2) is 72.0 Å². The number of carbonyl (C=O) groups is 1. The standard InChI is InChI=1S/C27H29N7O3/c1-3-12-28-26(35)21-17-29-27(30-19-8-7-18-11-15-36-22(18)16-19)33-25(21)32-23-5-4-6-24(31-23)37-20-9-13-34(2)14-10-20/h3-8,11,15-17,20H,1,9-10,12-14H2,2H3,(H,28,35)(H2,29,30,31,32,33). The number of ether oxygens (including phenoxy) is 1. The fourth-order valence-corrected chi connectivity index (χ4v) is 4.07. The smallest absolute Gasteiger partial charge is 0.256 e. The number of nitrogens with one attached hydrogen (secondary N) is 3. The van der Waals surface area contributed by atoms with Gasteiger partial charge >= 0.3 is 0 Å². The molecule has 1 aliphatic heterocycles. The number of rotatable bonds is 9. The molecule has 4 aromatic rings. The molecule has 0 radical (unpaired) electrons. The van der Waals surface area contributed by atoms with Crippen LogP contribution in [0.1, 0.15) is 23.2 Å². The van der Waals surface area contributed by atoms with Gasteiger partial charge < -0.3 is 30.0 Å². The Morgan fingerprint density at radius 3 is 2.89 bits per heavy atom. The molecule has 1 saturated heterocycles. The minimum atomic E-state index is -0.329. The monoisotopic (exact) mass is 499 g/mol. The molecule has 0 spiro atoms. The van der Waals surface area contributed by atoms with E-state index in [9.17, 15) is 4.79 Å². The summed E-state index contributed by atoms with van der Waals surface area (Å²) in [7, 11) is 2.11. The number of hydrogen-bond donors (Lipinski definition) is 3. The largest absolute Gasteiger partial charge is 0.474 e. The van der Waals surface area contributed by atoms with E-state index in [1.807, 2.05) is 36.4 Å². The summed E-state index contributed by atoms with van der Waals surface area (Å²) in [5.74, 6) is 1.32. The molecule has 0 bridgehead atoms. The van der Waals surface area contributed by atoms with Gasteiger partial charge in [-0.15, -0.1) is 6.58 Å². The summed E-state index contributed by atoms with van der Waals surface area (Å²) in [5, 5.41) is 10.1. The highest BCUT2D eigenvalue weighted by molar-refractivity contribution is 5.99. The van der Waals surface area contributed by atoms with Crippen molar-refractivity contribution in [3.8, 4) is 5.88 Å². The van der Waals surface area contributed by atoms with E-state index >= 15 is 0 Å². The van der Waals surface area contributed by atoms with Crippen molar-refractivity contribution < 1.29 is 13.9 Å². The number of piperidine rings is 1. The predicted molar refractivity (Wildman–Crippen MR) is 143 cm³/mol. The SMILES string of the molecule is C=CCNC(=O)c1cnc(Nc2ccc3ccoc3c2)nc1Nc1cccc(OC2CCN(C)CC2)n1. The van der Waals surface area contributed by atoms with Gasteiger partial charge in [0.25, 0.3) is 5.91 Å². The fourth-order valence-electron chi connectivity index (χ4n) is 4.07. The highest BCUT2D eigenvalue weighted by Gasteiger charge is 2.19. The maximum absolute atomic E-state index is 12.8. The van der Waals surface area contributed by atoms with Crippen molar-refractivity contribution in [1.82, 2.24) is 25.2 Å². The van der Waals surface area contributed by atoms with Crippen molar-refractivity contribution >= 4 is 40.1 Å². The van der Waals surface area contributed by atoms with Crippen LogP contribution in [0.4, 0.5) is 23.3 Å². The molecule has 0 atom stereocenters. The zero-order chi connectivity index (χ0) is 25.6. The van der Waals surface area contributed by atoms with Gasteiger partial charge in [-0.2, -0.15) is 9.97 Å². The Kier molecular flexibility index (Phi) is 7.27. The Morgan fingerprint density at radius 1 is 1.19 bits per heavy atom. The van der Waals surface area contributed by atoms with E-state index in [0.29, 0.717) is 30.0 Å². The second-order valence-corrected chi connectivity index (χ2v) is 8.86. The van der Waals surface area contributed by atoms with Crippen LogP contribution in [-0.4, -0.2) is 58.5 Å². The zero-order valence-electron chi connectivity index (χ0n) is 20.6. The highest BCUT2D eigenvalue weighted by atomic mass is 16.5. The molecule has 4 heterocycles. The van der Waals surface area contributed by atoms with Crippen molar-refractivity contribution in [3.63, 3.8) is 0 Å². The Balaban J connectivity index is 1.38. The minimum absolute atomic E-state index is 0.126. The van der Waals surface area contributed by atoms with E-state index in [1.54, 1.807) is 18.4 Å². The molecule has 3 N–H and O–H groups in total. The Labute approximate surface area is 214 Å². The number of amides is 1. The molecule has 190 valence electrons. The normalized spacial score (nSPS) is 14.3. The number of aromatic nitrogens is 3.